The molecule has 0 fully saturated rings. The van der Waals surface area contributed by atoms with Gasteiger partial charge >= 0.3 is 0 Å². The lowest BCUT2D eigenvalue weighted by molar-refractivity contribution is 0.0589. The van der Waals surface area contributed by atoms with Gasteiger partial charge in [-0.15, -0.1) is 0 Å². The van der Waals surface area contributed by atoms with Crippen LogP contribution >= 0.6 is 0 Å². The Morgan fingerprint density at radius 1 is 1.33 bits per heavy atom. The van der Waals surface area contributed by atoms with E-state index in [9.17, 15) is 4.79 Å². The lowest BCUT2D eigenvalue weighted by Crippen LogP contribution is -2.41. The fourth-order valence-corrected chi connectivity index (χ4v) is 2.34. The molecule has 0 aliphatic heterocycles. The van der Waals surface area contributed by atoms with E-state index >= 15 is 0 Å². The number of nitrogens with one attached hydrogen (secondary N) is 1. The average Bonchev–Trinajstić information content (AvgIpc) is 2.52. The molecule has 5 nitrogen and oxygen atoms in total. The highest BCUT2D eigenvalue weighted by Crippen LogP contribution is 2.14. The van der Waals surface area contributed by atoms with Crippen LogP contribution in [0, 0.1) is 0 Å². The smallest absolute Gasteiger partial charge is 0.255 e. The van der Waals surface area contributed by atoms with Crippen LogP contribution in [0.15, 0.2) is 18.3 Å². The molecule has 1 heterocycles. The van der Waals surface area contributed by atoms with Gasteiger partial charge in [0.1, 0.15) is 5.82 Å². The second kappa shape index (κ2) is 9.34. The van der Waals surface area contributed by atoms with E-state index in [1.807, 2.05) is 24.0 Å². The zero-order chi connectivity index (χ0) is 15.7. The zero-order valence-electron chi connectivity index (χ0n) is 13.6. The maximum atomic E-state index is 12.7. The lowest BCUT2D eigenvalue weighted by atomic mass is 10.1. The predicted octanol–water partition coefficient (Wildman–Crippen LogP) is 2.79. The van der Waals surface area contributed by atoms with E-state index in [1.54, 1.807) is 13.3 Å². The lowest BCUT2D eigenvalue weighted by Gasteiger charge is -2.30. The predicted molar refractivity (Wildman–Crippen MR) is 85.7 cm³/mol. The third-order valence-corrected chi connectivity index (χ3v) is 3.55. The minimum Gasteiger partial charge on any atom is -0.383 e. The molecule has 0 aliphatic carbocycles. The highest BCUT2D eigenvalue weighted by molar-refractivity contribution is 5.94. The molecule has 0 atom stereocenters. The Hall–Kier alpha value is -1.62. The summed E-state index contributed by atoms with van der Waals surface area (Å²) >= 11 is 0. The molecule has 1 amide bonds. The number of carbonyl (C=O) groups excluding carboxylic acids is 1. The number of hydrogen-bond donors (Lipinski definition) is 1. The van der Waals surface area contributed by atoms with E-state index in [0.29, 0.717) is 18.7 Å². The number of rotatable bonds is 9. The summed E-state index contributed by atoms with van der Waals surface area (Å²) in [5, 5.41) is 3.13. The standard InChI is InChI=1S/C16H27N3O2/c1-5-14(6-2)19(10-11-21-4)16(20)13-8-9-15(17-7-3)18-12-13/h8-9,12,14H,5-7,10-11H2,1-4H3,(H,17,18). The van der Waals surface area contributed by atoms with Crippen molar-refractivity contribution >= 4 is 11.7 Å². The first-order valence-electron chi connectivity index (χ1n) is 7.67. The van der Waals surface area contributed by atoms with Gasteiger partial charge in [-0.3, -0.25) is 4.79 Å². The van der Waals surface area contributed by atoms with E-state index < -0.39 is 0 Å². The maximum absolute atomic E-state index is 12.7. The van der Waals surface area contributed by atoms with E-state index in [-0.39, 0.29) is 11.9 Å². The molecule has 0 aliphatic rings. The second-order valence-electron chi connectivity index (χ2n) is 4.92. The topological polar surface area (TPSA) is 54.5 Å². The zero-order valence-corrected chi connectivity index (χ0v) is 13.6. The van der Waals surface area contributed by atoms with Crippen molar-refractivity contribution in [1.29, 1.82) is 0 Å². The van der Waals surface area contributed by atoms with Gasteiger partial charge in [-0.1, -0.05) is 13.8 Å². The summed E-state index contributed by atoms with van der Waals surface area (Å²) in [4.78, 5) is 18.9. The first kappa shape index (κ1) is 17.4. The van der Waals surface area contributed by atoms with Crippen molar-refractivity contribution in [2.45, 2.75) is 39.7 Å². The Morgan fingerprint density at radius 3 is 2.52 bits per heavy atom. The number of nitrogens with zero attached hydrogens (tertiary/aromatic N) is 2. The Morgan fingerprint density at radius 2 is 2.05 bits per heavy atom. The summed E-state index contributed by atoms with van der Waals surface area (Å²) in [6, 6.07) is 3.91. The van der Waals surface area contributed by atoms with Crippen molar-refractivity contribution in [3.63, 3.8) is 0 Å². The highest BCUT2D eigenvalue weighted by atomic mass is 16.5. The van der Waals surface area contributed by atoms with Crippen LogP contribution < -0.4 is 5.32 Å². The third-order valence-electron chi connectivity index (χ3n) is 3.55. The van der Waals surface area contributed by atoms with Crippen molar-refractivity contribution < 1.29 is 9.53 Å². The van der Waals surface area contributed by atoms with Crippen LogP contribution in [0.2, 0.25) is 0 Å². The van der Waals surface area contributed by atoms with Crippen molar-refractivity contribution in [3.8, 4) is 0 Å². The number of amides is 1. The summed E-state index contributed by atoms with van der Waals surface area (Å²) in [6.45, 7) is 8.19. The first-order chi connectivity index (χ1) is 10.2. The van der Waals surface area contributed by atoms with Crippen molar-refractivity contribution in [2.24, 2.45) is 0 Å². The summed E-state index contributed by atoms with van der Waals surface area (Å²) in [5.74, 6) is 0.816. The van der Waals surface area contributed by atoms with Crippen LogP contribution in [0.25, 0.3) is 0 Å². The molecular formula is C16H27N3O2. The SMILES string of the molecule is CCNc1ccc(C(=O)N(CCOC)C(CC)CC)cn1. The quantitative estimate of drug-likeness (QED) is 0.760. The van der Waals surface area contributed by atoms with Crippen molar-refractivity contribution in [3.05, 3.63) is 23.9 Å². The number of anilines is 1. The fraction of sp³-hybridized carbons (Fsp3) is 0.625. The van der Waals surface area contributed by atoms with Gasteiger partial charge in [0.2, 0.25) is 0 Å². The Kier molecular flexibility index (Phi) is 7.75. The van der Waals surface area contributed by atoms with Gasteiger partial charge in [-0.05, 0) is 31.9 Å². The van der Waals surface area contributed by atoms with Crippen LogP contribution in [-0.4, -0.2) is 48.6 Å². The minimum atomic E-state index is 0.0244. The van der Waals surface area contributed by atoms with Gasteiger partial charge in [-0.2, -0.15) is 0 Å². The van der Waals surface area contributed by atoms with E-state index in [4.69, 9.17) is 4.74 Å². The molecule has 1 aromatic heterocycles. The normalized spacial score (nSPS) is 10.7. The Bertz CT molecular complexity index is 416. The largest absolute Gasteiger partial charge is 0.383 e. The number of ether oxygens (including phenoxy) is 1. The molecule has 0 bridgehead atoms. The molecular weight excluding hydrogens is 266 g/mol. The molecule has 1 aromatic rings. The van der Waals surface area contributed by atoms with E-state index in [1.165, 1.54) is 0 Å². The second-order valence-corrected chi connectivity index (χ2v) is 4.92. The summed E-state index contributed by atoms with van der Waals surface area (Å²) < 4.78 is 5.13. The van der Waals surface area contributed by atoms with Gasteiger partial charge in [0.25, 0.3) is 5.91 Å². The first-order valence-corrected chi connectivity index (χ1v) is 7.67. The van der Waals surface area contributed by atoms with E-state index in [2.05, 4.69) is 24.1 Å². The molecule has 5 heteroatoms. The molecule has 118 valence electrons. The van der Waals surface area contributed by atoms with Gasteiger partial charge in [-0.25, -0.2) is 4.98 Å². The molecule has 1 rings (SSSR count). The van der Waals surface area contributed by atoms with Crippen molar-refractivity contribution in [2.75, 3.05) is 32.1 Å². The van der Waals surface area contributed by atoms with Crippen LogP contribution in [0.5, 0.6) is 0 Å². The number of methoxy groups -OCH3 is 1. The molecule has 0 radical (unpaired) electrons. The highest BCUT2D eigenvalue weighted by Gasteiger charge is 2.22. The molecule has 0 saturated carbocycles. The monoisotopic (exact) mass is 293 g/mol. The summed E-state index contributed by atoms with van der Waals surface area (Å²) in [7, 11) is 1.66. The van der Waals surface area contributed by atoms with Crippen LogP contribution in [-0.2, 0) is 4.74 Å². The van der Waals surface area contributed by atoms with Gasteiger partial charge in [0.05, 0.1) is 12.2 Å². The fourth-order valence-electron chi connectivity index (χ4n) is 2.34. The molecule has 0 spiro atoms. The molecule has 0 saturated heterocycles. The molecule has 21 heavy (non-hydrogen) atoms. The number of hydrogen-bond acceptors (Lipinski definition) is 4. The average molecular weight is 293 g/mol. The molecule has 0 aromatic carbocycles. The van der Waals surface area contributed by atoms with Gasteiger partial charge in [0.15, 0.2) is 0 Å². The van der Waals surface area contributed by atoms with Gasteiger partial charge in [0, 0.05) is 32.4 Å². The third kappa shape index (κ3) is 5.01. The van der Waals surface area contributed by atoms with Crippen LogP contribution in [0.1, 0.15) is 44.0 Å². The molecule has 1 N–H and O–H groups in total. The Balaban J connectivity index is 2.87. The van der Waals surface area contributed by atoms with Crippen LogP contribution in [0.4, 0.5) is 5.82 Å². The van der Waals surface area contributed by atoms with E-state index in [0.717, 1.165) is 25.2 Å². The number of aromatic nitrogens is 1. The number of pyridine rings is 1. The summed E-state index contributed by atoms with van der Waals surface area (Å²) in [6.07, 6.45) is 3.52. The minimum absolute atomic E-state index is 0.0244. The molecule has 0 unspecified atom stereocenters. The van der Waals surface area contributed by atoms with Crippen LogP contribution in [0.3, 0.4) is 0 Å². The van der Waals surface area contributed by atoms with Gasteiger partial charge < -0.3 is 15.0 Å². The Labute approximate surface area is 127 Å². The van der Waals surface area contributed by atoms with Crippen molar-refractivity contribution in [1.82, 2.24) is 9.88 Å². The summed E-state index contributed by atoms with van der Waals surface area (Å²) in [5.41, 5.74) is 0.625. The maximum Gasteiger partial charge on any atom is 0.255 e. The number of carbonyl (C=O) groups is 1.